The first-order valence-electron chi connectivity index (χ1n) is 5.83. The maximum absolute atomic E-state index is 9.96. The van der Waals surface area contributed by atoms with Gasteiger partial charge in [-0.15, -0.1) is 0 Å². The highest BCUT2D eigenvalue weighted by atomic mass is 16.3. The summed E-state index contributed by atoms with van der Waals surface area (Å²) < 4.78 is 0. The molecule has 1 N–H and O–H groups in total. The number of hydrogen-bond donors (Lipinski definition) is 1. The fourth-order valence-electron chi connectivity index (χ4n) is 2.62. The Kier molecular flexibility index (Phi) is 4.24. The lowest BCUT2D eigenvalue weighted by atomic mass is 9.72. The summed E-state index contributed by atoms with van der Waals surface area (Å²) in [5.41, 5.74) is 0. The molecule has 0 spiro atoms. The van der Waals surface area contributed by atoms with Gasteiger partial charge >= 0.3 is 0 Å². The van der Waals surface area contributed by atoms with Gasteiger partial charge in [-0.2, -0.15) is 0 Å². The Morgan fingerprint density at radius 3 is 2.62 bits per heavy atom. The van der Waals surface area contributed by atoms with Crippen LogP contribution in [0.1, 0.15) is 52.9 Å². The largest absolute Gasteiger partial charge is 0.393 e. The summed E-state index contributed by atoms with van der Waals surface area (Å²) in [4.78, 5) is 0. The molecule has 0 aromatic heterocycles. The third-order valence-electron chi connectivity index (χ3n) is 3.60. The normalized spacial score (nSPS) is 37.4. The first-order valence-corrected chi connectivity index (χ1v) is 5.83. The first-order chi connectivity index (χ1) is 6.15. The van der Waals surface area contributed by atoms with E-state index in [4.69, 9.17) is 0 Å². The predicted octanol–water partition coefficient (Wildman–Crippen LogP) is 3.22. The second kappa shape index (κ2) is 4.99. The minimum absolute atomic E-state index is 0.0391. The lowest BCUT2D eigenvalue weighted by Gasteiger charge is -2.35. The summed E-state index contributed by atoms with van der Waals surface area (Å²) in [7, 11) is 0. The van der Waals surface area contributed by atoms with Gasteiger partial charge in [-0.3, -0.25) is 0 Å². The van der Waals surface area contributed by atoms with E-state index in [0.29, 0.717) is 5.92 Å². The number of rotatable bonds is 3. The third-order valence-corrected chi connectivity index (χ3v) is 3.60. The van der Waals surface area contributed by atoms with E-state index >= 15 is 0 Å². The molecule has 13 heavy (non-hydrogen) atoms. The molecule has 1 nitrogen and oxygen atoms in total. The lowest BCUT2D eigenvalue weighted by molar-refractivity contribution is 0.0330. The Balaban J connectivity index is 2.44. The second-order valence-electron chi connectivity index (χ2n) is 4.92. The molecule has 0 aromatic carbocycles. The molecule has 1 aliphatic carbocycles. The summed E-state index contributed by atoms with van der Waals surface area (Å²) in [6.07, 6.45) is 5.97. The molecule has 4 unspecified atom stereocenters. The van der Waals surface area contributed by atoms with Crippen LogP contribution in [0.5, 0.6) is 0 Å². The molecule has 1 fully saturated rings. The molecule has 0 radical (unpaired) electrons. The zero-order valence-electron chi connectivity index (χ0n) is 9.29. The average Bonchev–Trinajstić information content (AvgIpc) is 2.09. The summed E-state index contributed by atoms with van der Waals surface area (Å²) in [5.74, 6) is 2.13. The van der Waals surface area contributed by atoms with Gasteiger partial charge in [-0.1, -0.05) is 40.0 Å². The molecule has 0 amide bonds. The number of hydrogen-bond acceptors (Lipinski definition) is 1. The van der Waals surface area contributed by atoms with Gasteiger partial charge in [0.25, 0.3) is 0 Å². The minimum atomic E-state index is -0.0391. The van der Waals surface area contributed by atoms with Crippen molar-refractivity contribution in [3.63, 3.8) is 0 Å². The van der Waals surface area contributed by atoms with Crippen LogP contribution in [0.4, 0.5) is 0 Å². The zero-order valence-corrected chi connectivity index (χ0v) is 9.29. The molecule has 0 saturated heterocycles. The second-order valence-corrected chi connectivity index (χ2v) is 4.92. The molecular weight excluding hydrogens is 160 g/mol. The average molecular weight is 184 g/mol. The van der Waals surface area contributed by atoms with E-state index in [1.54, 1.807) is 0 Å². The van der Waals surface area contributed by atoms with E-state index in [1.165, 1.54) is 19.3 Å². The molecule has 0 aromatic rings. The van der Waals surface area contributed by atoms with Crippen molar-refractivity contribution in [2.24, 2.45) is 17.8 Å². The van der Waals surface area contributed by atoms with Gasteiger partial charge in [0.15, 0.2) is 0 Å². The Morgan fingerprint density at radius 2 is 2.00 bits per heavy atom. The van der Waals surface area contributed by atoms with Crippen molar-refractivity contribution in [3.05, 3.63) is 0 Å². The molecule has 1 heteroatoms. The van der Waals surface area contributed by atoms with Crippen molar-refractivity contribution in [1.82, 2.24) is 0 Å². The van der Waals surface area contributed by atoms with Gasteiger partial charge in [0.2, 0.25) is 0 Å². The van der Waals surface area contributed by atoms with Crippen LogP contribution in [0.15, 0.2) is 0 Å². The summed E-state index contributed by atoms with van der Waals surface area (Å²) in [6.45, 7) is 6.77. The number of aliphatic hydroxyl groups is 1. The highest BCUT2D eigenvalue weighted by molar-refractivity contribution is 4.80. The smallest absolute Gasteiger partial charge is 0.0570 e. The Labute approximate surface area is 82.5 Å². The van der Waals surface area contributed by atoms with Crippen LogP contribution in [0, 0.1) is 17.8 Å². The Hall–Kier alpha value is -0.0400. The topological polar surface area (TPSA) is 20.2 Å². The number of aliphatic hydroxyl groups excluding tert-OH is 1. The van der Waals surface area contributed by atoms with Crippen LogP contribution in [-0.2, 0) is 0 Å². The molecule has 1 saturated carbocycles. The van der Waals surface area contributed by atoms with Gasteiger partial charge in [0, 0.05) is 0 Å². The Bertz CT molecular complexity index is 144. The van der Waals surface area contributed by atoms with Crippen LogP contribution in [0.2, 0.25) is 0 Å². The predicted molar refractivity (Wildman–Crippen MR) is 56.6 cm³/mol. The fraction of sp³-hybridized carbons (Fsp3) is 1.00. The van der Waals surface area contributed by atoms with Crippen molar-refractivity contribution >= 4 is 0 Å². The van der Waals surface area contributed by atoms with Crippen LogP contribution in [0.25, 0.3) is 0 Å². The maximum Gasteiger partial charge on any atom is 0.0570 e. The minimum Gasteiger partial charge on any atom is -0.393 e. The van der Waals surface area contributed by atoms with E-state index < -0.39 is 0 Å². The molecule has 78 valence electrons. The highest BCUT2D eigenvalue weighted by Crippen LogP contribution is 2.36. The maximum atomic E-state index is 9.96. The monoisotopic (exact) mass is 184 g/mol. The van der Waals surface area contributed by atoms with E-state index in [2.05, 4.69) is 20.8 Å². The lowest BCUT2D eigenvalue weighted by Crippen LogP contribution is -2.31. The van der Waals surface area contributed by atoms with Crippen molar-refractivity contribution in [1.29, 1.82) is 0 Å². The summed E-state index contributed by atoms with van der Waals surface area (Å²) >= 11 is 0. The molecular formula is C12H24O. The van der Waals surface area contributed by atoms with Crippen LogP contribution in [-0.4, -0.2) is 11.2 Å². The fourth-order valence-corrected chi connectivity index (χ4v) is 2.62. The third kappa shape index (κ3) is 2.98. The molecule has 4 atom stereocenters. The van der Waals surface area contributed by atoms with Gasteiger partial charge in [-0.05, 0) is 30.6 Å². The molecule has 0 bridgehead atoms. The highest BCUT2D eigenvalue weighted by Gasteiger charge is 2.30. The van der Waals surface area contributed by atoms with Gasteiger partial charge in [0.05, 0.1) is 6.10 Å². The summed E-state index contributed by atoms with van der Waals surface area (Å²) in [5, 5.41) is 9.96. The first kappa shape index (κ1) is 11.0. The van der Waals surface area contributed by atoms with Gasteiger partial charge < -0.3 is 5.11 Å². The van der Waals surface area contributed by atoms with E-state index in [9.17, 15) is 5.11 Å². The van der Waals surface area contributed by atoms with E-state index in [-0.39, 0.29) is 6.10 Å². The van der Waals surface area contributed by atoms with Crippen molar-refractivity contribution < 1.29 is 5.11 Å². The van der Waals surface area contributed by atoms with Gasteiger partial charge in [0.1, 0.15) is 0 Å². The van der Waals surface area contributed by atoms with Crippen LogP contribution >= 0.6 is 0 Å². The van der Waals surface area contributed by atoms with Crippen LogP contribution < -0.4 is 0 Å². The van der Waals surface area contributed by atoms with Crippen molar-refractivity contribution in [2.75, 3.05) is 0 Å². The zero-order chi connectivity index (χ0) is 9.84. The van der Waals surface area contributed by atoms with Crippen molar-refractivity contribution in [2.45, 2.75) is 59.0 Å². The quantitative estimate of drug-likeness (QED) is 0.714. The standard InChI is InChI=1S/C12H24O/c1-4-5-12(13)11-8-9(2)6-7-10(11)3/h9-13H,4-8H2,1-3H3. The molecule has 0 heterocycles. The van der Waals surface area contributed by atoms with E-state index in [1.807, 2.05) is 0 Å². The molecule has 0 aliphatic heterocycles. The SMILES string of the molecule is CCCC(O)C1CC(C)CCC1C. The van der Waals surface area contributed by atoms with E-state index in [0.717, 1.165) is 24.7 Å². The Morgan fingerprint density at radius 1 is 1.31 bits per heavy atom. The van der Waals surface area contributed by atoms with Crippen LogP contribution in [0.3, 0.4) is 0 Å². The van der Waals surface area contributed by atoms with Gasteiger partial charge in [-0.25, -0.2) is 0 Å². The molecule has 1 aliphatic rings. The summed E-state index contributed by atoms with van der Waals surface area (Å²) in [6, 6.07) is 0. The van der Waals surface area contributed by atoms with Crippen molar-refractivity contribution in [3.8, 4) is 0 Å². The molecule has 1 rings (SSSR count).